The van der Waals surface area contributed by atoms with Gasteiger partial charge in [-0.1, -0.05) is 6.07 Å². The predicted octanol–water partition coefficient (Wildman–Crippen LogP) is 1.82. The van der Waals surface area contributed by atoms with Crippen LogP contribution in [0.5, 0.6) is 0 Å². The molecule has 0 spiro atoms. The minimum absolute atomic E-state index is 0.0645. The summed E-state index contributed by atoms with van der Waals surface area (Å²) < 4.78 is 0. The summed E-state index contributed by atoms with van der Waals surface area (Å²) in [6, 6.07) is 4.49. The van der Waals surface area contributed by atoms with Crippen LogP contribution in [0.1, 0.15) is 50.3 Å². The topological polar surface area (TPSA) is 54.2 Å². The monoisotopic (exact) mass is 274 g/mol. The lowest BCUT2D eigenvalue weighted by molar-refractivity contribution is 0.0926. The molecule has 1 aliphatic carbocycles. The highest BCUT2D eigenvalue weighted by molar-refractivity contribution is 5.31. The number of nitrogens with two attached hydrogens (primary N) is 1. The van der Waals surface area contributed by atoms with Gasteiger partial charge in [0.15, 0.2) is 0 Å². The van der Waals surface area contributed by atoms with E-state index < -0.39 is 0 Å². The van der Waals surface area contributed by atoms with Crippen molar-refractivity contribution in [2.45, 2.75) is 57.0 Å². The van der Waals surface area contributed by atoms with Gasteiger partial charge in [-0.15, -0.1) is 0 Å². The lowest BCUT2D eigenvalue weighted by Gasteiger charge is -2.44. The van der Waals surface area contributed by atoms with Gasteiger partial charge in [0.25, 0.3) is 0 Å². The molecule has 0 amide bonds. The van der Waals surface area contributed by atoms with Gasteiger partial charge in [-0.2, -0.15) is 0 Å². The predicted molar refractivity (Wildman–Crippen MR) is 81.3 cm³/mol. The molecule has 1 aromatic heterocycles. The largest absolute Gasteiger partial charge is 0.297 e. The Bertz CT molecular complexity index is 465. The van der Waals surface area contributed by atoms with Crippen LogP contribution in [0, 0.1) is 0 Å². The molecule has 1 aromatic rings. The summed E-state index contributed by atoms with van der Waals surface area (Å²) in [6.07, 6.45) is 6.80. The van der Waals surface area contributed by atoms with Gasteiger partial charge in [0.1, 0.15) is 0 Å². The van der Waals surface area contributed by atoms with E-state index in [1.807, 2.05) is 12.3 Å². The van der Waals surface area contributed by atoms with Gasteiger partial charge in [-0.3, -0.25) is 21.2 Å². The van der Waals surface area contributed by atoms with Gasteiger partial charge in [0.05, 0.1) is 0 Å². The quantitative estimate of drug-likeness (QED) is 0.649. The number of hydrogen-bond acceptors (Lipinski definition) is 4. The Balaban J connectivity index is 1.87. The second-order valence-electron chi connectivity index (χ2n) is 6.69. The summed E-state index contributed by atoms with van der Waals surface area (Å²) in [5.74, 6) is 6.38. The van der Waals surface area contributed by atoms with Crippen molar-refractivity contribution in [3.05, 3.63) is 29.6 Å². The number of hydrazine groups is 1. The summed E-state index contributed by atoms with van der Waals surface area (Å²) in [5, 5.41) is 0. The number of nitrogens with one attached hydrogen (secondary N) is 1. The molecule has 3 rings (SSSR count). The average molecular weight is 274 g/mol. The Morgan fingerprint density at radius 2 is 2.15 bits per heavy atom. The maximum Gasteiger partial charge on any atom is 0.0483 e. The standard InChI is InChI=1S/C16H26N4/c1-16(2,20-10-3-4-11-20)15(19-17)13-8-7-12-6-5-9-18-14(12)13/h5-6,9,13,15,19H,3-4,7-8,10-11,17H2,1-2H3. The zero-order chi connectivity index (χ0) is 14.2. The van der Waals surface area contributed by atoms with Gasteiger partial charge in [-0.05, 0) is 64.3 Å². The van der Waals surface area contributed by atoms with Crippen molar-refractivity contribution < 1.29 is 0 Å². The number of aromatic nitrogens is 1. The third kappa shape index (κ3) is 2.26. The van der Waals surface area contributed by atoms with E-state index in [1.165, 1.54) is 37.2 Å². The minimum atomic E-state index is 0.0645. The smallest absolute Gasteiger partial charge is 0.0483 e. The molecule has 0 saturated carbocycles. The number of hydrogen-bond donors (Lipinski definition) is 2. The first-order valence-corrected chi connectivity index (χ1v) is 7.79. The van der Waals surface area contributed by atoms with Crippen LogP contribution in [-0.4, -0.2) is 34.6 Å². The molecule has 0 aromatic carbocycles. The summed E-state index contributed by atoms with van der Waals surface area (Å²) >= 11 is 0. The third-order valence-corrected chi connectivity index (χ3v) is 5.27. The third-order valence-electron chi connectivity index (χ3n) is 5.27. The molecule has 1 saturated heterocycles. The number of pyridine rings is 1. The summed E-state index contributed by atoms with van der Waals surface area (Å²) in [5.41, 5.74) is 5.84. The molecular weight excluding hydrogens is 248 g/mol. The molecule has 2 atom stereocenters. The normalized spacial score (nSPS) is 24.9. The summed E-state index contributed by atoms with van der Waals surface area (Å²) in [4.78, 5) is 7.22. The Morgan fingerprint density at radius 1 is 1.40 bits per heavy atom. The first-order chi connectivity index (χ1) is 9.64. The zero-order valence-electron chi connectivity index (χ0n) is 12.6. The number of aryl methyl sites for hydroxylation is 1. The van der Waals surface area contributed by atoms with Crippen molar-refractivity contribution >= 4 is 0 Å². The van der Waals surface area contributed by atoms with Crippen molar-refractivity contribution in [1.29, 1.82) is 0 Å². The Morgan fingerprint density at radius 3 is 2.85 bits per heavy atom. The molecule has 0 radical (unpaired) electrons. The van der Waals surface area contributed by atoms with Crippen molar-refractivity contribution in [2.75, 3.05) is 13.1 Å². The van der Waals surface area contributed by atoms with Crippen LogP contribution in [0.2, 0.25) is 0 Å². The van der Waals surface area contributed by atoms with Crippen LogP contribution in [-0.2, 0) is 6.42 Å². The van der Waals surface area contributed by atoms with Crippen molar-refractivity contribution in [2.24, 2.45) is 5.84 Å². The second-order valence-corrected chi connectivity index (χ2v) is 6.69. The Kier molecular flexibility index (Phi) is 3.80. The molecule has 4 nitrogen and oxygen atoms in total. The lowest BCUT2D eigenvalue weighted by Crippen LogP contribution is -2.60. The molecule has 2 aliphatic rings. The van der Waals surface area contributed by atoms with Crippen molar-refractivity contribution in [3.63, 3.8) is 0 Å². The van der Waals surface area contributed by atoms with Gasteiger partial charge in [-0.25, -0.2) is 0 Å². The summed E-state index contributed by atoms with van der Waals surface area (Å²) in [7, 11) is 0. The fourth-order valence-electron chi connectivity index (χ4n) is 4.07. The molecule has 20 heavy (non-hydrogen) atoms. The fraction of sp³-hybridized carbons (Fsp3) is 0.688. The van der Waals surface area contributed by atoms with Crippen LogP contribution in [0.15, 0.2) is 18.3 Å². The fourth-order valence-corrected chi connectivity index (χ4v) is 4.07. The van der Waals surface area contributed by atoms with Crippen LogP contribution >= 0.6 is 0 Å². The van der Waals surface area contributed by atoms with E-state index >= 15 is 0 Å². The SMILES string of the molecule is CC(C)(C(NN)C1CCc2cccnc21)N1CCCC1. The van der Waals surface area contributed by atoms with Crippen LogP contribution < -0.4 is 11.3 Å². The minimum Gasteiger partial charge on any atom is -0.297 e. The van der Waals surface area contributed by atoms with Crippen LogP contribution in [0.25, 0.3) is 0 Å². The highest BCUT2D eigenvalue weighted by Gasteiger charge is 2.43. The number of rotatable bonds is 4. The van der Waals surface area contributed by atoms with E-state index in [-0.39, 0.29) is 11.6 Å². The number of likely N-dealkylation sites (tertiary alicyclic amines) is 1. The van der Waals surface area contributed by atoms with Gasteiger partial charge >= 0.3 is 0 Å². The van der Waals surface area contributed by atoms with Crippen LogP contribution in [0.4, 0.5) is 0 Å². The highest BCUT2D eigenvalue weighted by atomic mass is 15.3. The van der Waals surface area contributed by atoms with E-state index in [2.05, 4.69) is 35.2 Å². The number of fused-ring (bicyclic) bond motifs is 1. The van der Waals surface area contributed by atoms with E-state index in [9.17, 15) is 0 Å². The van der Waals surface area contributed by atoms with E-state index in [0.717, 1.165) is 12.8 Å². The molecule has 4 heteroatoms. The molecule has 2 unspecified atom stereocenters. The van der Waals surface area contributed by atoms with E-state index in [1.54, 1.807) is 0 Å². The van der Waals surface area contributed by atoms with Gasteiger partial charge in [0.2, 0.25) is 0 Å². The second kappa shape index (κ2) is 5.43. The van der Waals surface area contributed by atoms with Gasteiger partial charge < -0.3 is 0 Å². The molecule has 0 bridgehead atoms. The Hall–Kier alpha value is -0.970. The van der Waals surface area contributed by atoms with E-state index in [4.69, 9.17) is 5.84 Å². The maximum absolute atomic E-state index is 5.96. The first-order valence-electron chi connectivity index (χ1n) is 7.79. The van der Waals surface area contributed by atoms with Gasteiger partial charge in [0, 0.05) is 29.4 Å². The first kappa shape index (κ1) is 14.0. The highest BCUT2D eigenvalue weighted by Crippen LogP contribution is 2.39. The maximum atomic E-state index is 5.96. The molecule has 1 aliphatic heterocycles. The molecule has 2 heterocycles. The van der Waals surface area contributed by atoms with Crippen molar-refractivity contribution in [3.8, 4) is 0 Å². The molecule has 3 N–H and O–H groups in total. The van der Waals surface area contributed by atoms with Crippen molar-refractivity contribution in [1.82, 2.24) is 15.3 Å². The van der Waals surface area contributed by atoms with Crippen LogP contribution in [0.3, 0.4) is 0 Å². The summed E-state index contributed by atoms with van der Waals surface area (Å²) in [6.45, 7) is 7.02. The molecular formula is C16H26N4. The molecule has 110 valence electrons. The van der Waals surface area contributed by atoms with E-state index in [0.29, 0.717) is 5.92 Å². The zero-order valence-corrected chi connectivity index (χ0v) is 12.6. The lowest BCUT2D eigenvalue weighted by atomic mass is 9.82. The number of nitrogens with zero attached hydrogens (tertiary/aromatic N) is 2. The molecule has 1 fully saturated rings. The average Bonchev–Trinajstić information content (AvgIpc) is 3.09. The Labute approximate surface area is 121 Å².